The minimum atomic E-state index is -4.84. The molecule has 0 unspecified atom stereocenters. The molecule has 1 amide bonds. The van der Waals surface area contributed by atoms with E-state index in [-0.39, 0.29) is 12.1 Å². The minimum absolute atomic E-state index is 0.0421. The summed E-state index contributed by atoms with van der Waals surface area (Å²) in [5.41, 5.74) is 0.0421. The molecule has 0 aliphatic heterocycles. The van der Waals surface area contributed by atoms with Crippen LogP contribution in [0.5, 0.6) is 0 Å². The predicted octanol–water partition coefficient (Wildman–Crippen LogP) is 1.47. The van der Waals surface area contributed by atoms with Crippen molar-refractivity contribution in [2.75, 3.05) is 19.8 Å². The van der Waals surface area contributed by atoms with Gasteiger partial charge >= 0.3 is 10.2 Å². The topological polar surface area (TPSA) is 81.7 Å². The van der Waals surface area contributed by atoms with Crippen LogP contribution in [0.15, 0.2) is 29.2 Å². The van der Waals surface area contributed by atoms with Crippen molar-refractivity contribution in [1.82, 2.24) is 5.32 Å². The fourth-order valence-corrected chi connectivity index (χ4v) is 2.11. The molecule has 0 saturated heterocycles. The van der Waals surface area contributed by atoms with E-state index in [1.54, 1.807) is 13.8 Å². The van der Waals surface area contributed by atoms with Gasteiger partial charge in [0.15, 0.2) is 6.29 Å². The van der Waals surface area contributed by atoms with E-state index < -0.39 is 27.3 Å². The Morgan fingerprint density at radius 3 is 2.43 bits per heavy atom. The molecule has 0 fully saturated rings. The van der Waals surface area contributed by atoms with Crippen LogP contribution in [0.25, 0.3) is 0 Å². The molecule has 8 heteroatoms. The lowest BCUT2D eigenvalue weighted by atomic mass is 10.2. The van der Waals surface area contributed by atoms with Gasteiger partial charge in [0.2, 0.25) is 0 Å². The molecule has 0 aromatic heterocycles. The summed E-state index contributed by atoms with van der Waals surface area (Å²) in [5.74, 6) is -0.537. The van der Waals surface area contributed by atoms with Gasteiger partial charge in [-0.05, 0) is 32.0 Å². The van der Waals surface area contributed by atoms with Gasteiger partial charge in [-0.15, -0.1) is 3.89 Å². The SMILES string of the molecule is CCOC(CNC(=O)c1cccc(S(=O)(=O)F)c1)OCC. The molecule has 0 saturated carbocycles. The summed E-state index contributed by atoms with van der Waals surface area (Å²) >= 11 is 0. The number of ether oxygens (including phenoxy) is 2. The van der Waals surface area contributed by atoms with E-state index in [1.807, 2.05) is 0 Å². The average molecular weight is 319 g/mol. The van der Waals surface area contributed by atoms with Crippen LogP contribution in [0.3, 0.4) is 0 Å². The number of carbonyl (C=O) groups excluding carboxylic acids is 1. The number of hydrogen-bond donors (Lipinski definition) is 1. The Hall–Kier alpha value is -1.51. The molecule has 0 bridgehead atoms. The van der Waals surface area contributed by atoms with Gasteiger partial charge in [-0.1, -0.05) is 6.07 Å². The molecule has 0 atom stereocenters. The van der Waals surface area contributed by atoms with Gasteiger partial charge in [-0.3, -0.25) is 4.79 Å². The zero-order chi connectivity index (χ0) is 15.9. The normalized spacial score (nSPS) is 11.6. The Balaban J connectivity index is 2.71. The smallest absolute Gasteiger partial charge is 0.332 e. The first-order valence-corrected chi connectivity index (χ1v) is 7.83. The van der Waals surface area contributed by atoms with Gasteiger partial charge in [0.1, 0.15) is 0 Å². The highest BCUT2D eigenvalue weighted by Crippen LogP contribution is 2.13. The molecular formula is C13H18FNO5S. The van der Waals surface area contributed by atoms with E-state index in [4.69, 9.17) is 9.47 Å². The molecule has 1 aromatic rings. The van der Waals surface area contributed by atoms with Crippen molar-refractivity contribution >= 4 is 16.1 Å². The Labute approximate surface area is 123 Å². The summed E-state index contributed by atoms with van der Waals surface area (Å²) in [7, 11) is -4.84. The van der Waals surface area contributed by atoms with Crippen LogP contribution >= 0.6 is 0 Å². The van der Waals surface area contributed by atoms with Gasteiger partial charge in [0.05, 0.1) is 11.4 Å². The zero-order valence-electron chi connectivity index (χ0n) is 11.8. The second-order valence-electron chi connectivity index (χ2n) is 4.02. The highest BCUT2D eigenvalue weighted by molar-refractivity contribution is 7.86. The van der Waals surface area contributed by atoms with E-state index in [0.717, 1.165) is 12.1 Å². The molecule has 0 spiro atoms. The molecule has 1 aromatic carbocycles. The quantitative estimate of drug-likeness (QED) is 0.580. The van der Waals surface area contributed by atoms with Crippen molar-refractivity contribution in [3.63, 3.8) is 0 Å². The molecule has 6 nitrogen and oxygen atoms in total. The van der Waals surface area contributed by atoms with Gasteiger partial charge in [0, 0.05) is 18.8 Å². The highest BCUT2D eigenvalue weighted by atomic mass is 32.3. The molecule has 1 rings (SSSR count). The zero-order valence-corrected chi connectivity index (χ0v) is 12.7. The number of benzene rings is 1. The maximum Gasteiger partial charge on any atom is 0.332 e. The van der Waals surface area contributed by atoms with Crippen molar-refractivity contribution in [3.05, 3.63) is 29.8 Å². The largest absolute Gasteiger partial charge is 0.351 e. The standard InChI is InChI=1S/C13H18FNO5S/c1-3-19-12(20-4-2)9-15-13(16)10-6-5-7-11(8-10)21(14,17)18/h5-8,12H,3-4,9H2,1-2H3,(H,15,16). The Bertz CT molecular complexity index is 570. The number of rotatable bonds is 8. The first kappa shape index (κ1) is 17.5. The molecular weight excluding hydrogens is 301 g/mol. The highest BCUT2D eigenvalue weighted by Gasteiger charge is 2.16. The lowest BCUT2D eigenvalue weighted by Crippen LogP contribution is -2.35. The summed E-state index contributed by atoms with van der Waals surface area (Å²) in [5, 5.41) is 2.54. The fraction of sp³-hybridized carbons (Fsp3) is 0.462. The van der Waals surface area contributed by atoms with E-state index >= 15 is 0 Å². The van der Waals surface area contributed by atoms with E-state index in [2.05, 4.69) is 5.32 Å². The van der Waals surface area contributed by atoms with Crippen LogP contribution in [0, 0.1) is 0 Å². The van der Waals surface area contributed by atoms with Crippen LogP contribution in [0.2, 0.25) is 0 Å². The summed E-state index contributed by atoms with van der Waals surface area (Å²) in [6.07, 6.45) is -0.586. The van der Waals surface area contributed by atoms with Crippen molar-refractivity contribution in [2.45, 2.75) is 25.0 Å². The third kappa shape index (κ3) is 5.78. The molecule has 21 heavy (non-hydrogen) atoms. The monoisotopic (exact) mass is 319 g/mol. The lowest BCUT2D eigenvalue weighted by molar-refractivity contribution is -0.131. The maximum atomic E-state index is 12.9. The maximum absolute atomic E-state index is 12.9. The number of halogens is 1. The summed E-state index contributed by atoms with van der Waals surface area (Å²) < 4.78 is 45.0. The Morgan fingerprint density at radius 1 is 1.29 bits per heavy atom. The molecule has 1 N–H and O–H groups in total. The summed E-state index contributed by atoms with van der Waals surface area (Å²) in [4.78, 5) is 11.3. The van der Waals surface area contributed by atoms with E-state index in [0.29, 0.717) is 13.2 Å². The van der Waals surface area contributed by atoms with Crippen LogP contribution in [0.4, 0.5) is 3.89 Å². The molecule has 0 radical (unpaired) electrons. The van der Waals surface area contributed by atoms with Crippen LogP contribution in [0.1, 0.15) is 24.2 Å². The number of carbonyl (C=O) groups is 1. The van der Waals surface area contributed by atoms with Crippen molar-refractivity contribution in [2.24, 2.45) is 0 Å². The minimum Gasteiger partial charge on any atom is -0.351 e. The van der Waals surface area contributed by atoms with Crippen molar-refractivity contribution in [1.29, 1.82) is 0 Å². The summed E-state index contributed by atoms with van der Waals surface area (Å²) in [6, 6.07) is 4.74. The van der Waals surface area contributed by atoms with Crippen molar-refractivity contribution < 1.29 is 26.6 Å². The van der Waals surface area contributed by atoms with E-state index in [1.165, 1.54) is 12.1 Å². The number of nitrogens with one attached hydrogen (secondary N) is 1. The third-order valence-electron chi connectivity index (χ3n) is 2.51. The van der Waals surface area contributed by atoms with Gasteiger partial charge < -0.3 is 14.8 Å². The van der Waals surface area contributed by atoms with Crippen molar-refractivity contribution in [3.8, 4) is 0 Å². The van der Waals surface area contributed by atoms with Gasteiger partial charge in [0.25, 0.3) is 5.91 Å². The summed E-state index contributed by atoms with van der Waals surface area (Å²) in [6.45, 7) is 4.55. The fourth-order valence-electron chi connectivity index (χ4n) is 1.60. The molecule has 0 aliphatic rings. The second-order valence-corrected chi connectivity index (χ2v) is 5.36. The number of hydrogen-bond acceptors (Lipinski definition) is 5. The third-order valence-corrected chi connectivity index (χ3v) is 3.33. The second kappa shape index (κ2) is 8.06. The molecule has 118 valence electrons. The number of amides is 1. The first-order valence-electron chi connectivity index (χ1n) is 6.44. The van der Waals surface area contributed by atoms with Crippen LogP contribution in [-0.4, -0.2) is 40.4 Å². The Kier molecular flexibility index (Phi) is 6.73. The van der Waals surface area contributed by atoms with Crippen LogP contribution in [-0.2, 0) is 19.7 Å². The Morgan fingerprint density at radius 2 is 1.90 bits per heavy atom. The van der Waals surface area contributed by atoms with E-state index in [9.17, 15) is 17.1 Å². The first-order chi connectivity index (χ1) is 9.88. The molecule has 0 aliphatic carbocycles. The van der Waals surface area contributed by atoms with Gasteiger partial charge in [-0.25, -0.2) is 0 Å². The van der Waals surface area contributed by atoms with Gasteiger partial charge in [-0.2, -0.15) is 8.42 Å². The predicted molar refractivity (Wildman–Crippen MR) is 74.1 cm³/mol. The van der Waals surface area contributed by atoms with Crippen LogP contribution < -0.4 is 5.32 Å². The average Bonchev–Trinajstić information content (AvgIpc) is 2.44. The molecule has 0 heterocycles. The lowest BCUT2D eigenvalue weighted by Gasteiger charge is -2.17.